The minimum atomic E-state index is -3.69. The summed E-state index contributed by atoms with van der Waals surface area (Å²) in [6, 6.07) is 3.03. The predicted octanol–water partition coefficient (Wildman–Crippen LogP) is 2.76. The van der Waals surface area contributed by atoms with Crippen molar-refractivity contribution in [2.24, 2.45) is 0 Å². The summed E-state index contributed by atoms with van der Waals surface area (Å²) in [5, 5.41) is 17.5. The summed E-state index contributed by atoms with van der Waals surface area (Å²) >= 11 is 0. The lowest BCUT2D eigenvalue weighted by Crippen LogP contribution is -2.25. The van der Waals surface area contributed by atoms with Gasteiger partial charge in [0.1, 0.15) is 4.90 Å². The van der Waals surface area contributed by atoms with Gasteiger partial charge in [-0.05, 0) is 51.8 Å². The van der Waals surface area contributed by atoms with Crippen LogP contribution < -0.4 is 10.0 Å². The minimum absolute atomic E-state index is 0.0336. The number of sulfonamides is 1. The third-order valence-electron chi connectivity index (χ3n) is 6.11. The standard InChI is InChI=1S/C22H28F2N6O4S/c1-13(12-34-21(23)24)28-22-27-11-20-18(15-7-17(10-26-9-15)35(32,33)25-2)8-19(30(20)29-22)14-3-5-16(31)6-4-14/h7-11,13-14,16,21,25,31H,3-6,12H2,1-2H3,(H,28,29)/t13-,14?,16?/m0/s1. The molecule has 13 heteroatoms. The first-order chi connectivity index (χ1) is 16.7. The Morgan fingerprint density at radius 1 is 1.20 bits per heavy atom. The average Bonchev–Trinajstić information content (AvgIpc) is 3.22. The summed E-state index contributed by atoms with van der Waals surface area (Å²) in [6.07, 6.45) is 7.01. The molecule has 1 aliphatic carbocycles. The molecule has 3 aromatic rings. The van der Waals surface area contributed by atoms with E-state index >= 15 is 0 Å². The fraction of sp³-hybridized carbons (Fsp3) is 0.500. The molecule has 1 atom stereocenters. The van der Waals surface area contributed by atoms with Crippen LogP contribution in [0.3, 0.4) is 0 Å². The number of rotatable bonds is 9. The number of halogens is 2. The van der Waals surface area contributed by atoms with Gasteiger partial charge in [0.2, 0.25) is 16.0 Å². The molecule has 10 nitrogen and oxygen atoms in total. The zero-order valence-corrected chi connectivity index (χ0v) is 20.2. The second-order valence-electron chi connectivity index (χ2n) is 8.62. The first-order valence-corrected chi connectivity index (χ1v) is 12.8. The zero-order chi connectivity index (χ0) is 25.2. The Morgan fingerprint density at radius 3 is 2.63 bits per heavy atom. The smallest absolute Gasteiger partial charge is 0.345 e. The van der Waals surface area contributed by atoms with Gasteiger partial charge in [-0.15, -0.1) is 5.10 Å². The van der Waals surface area contributed by atoms with Crippen LogP contribution in [0.5, 0.6) is 0 Å². The molecule has 0 radical (unpaired) electrons. The van der Waals surface area contributed by atoms with E-state index in [4.69, 9.17) is 0 Å². The molecule has 0 aromatic carbocycles. The molecule has 0 unspecified atom stereocenters. The maximum Gasteiger partial charge on any atom is 0.345 e. The second-order valence-corrected chi connectivity index (χ2v) is 10.5. The lowest BCUT2D eigenvalue weighted by molar-refractivity contribution is -0.130. The van der Waals surface area contributed by atoms with Crippen LogP contribution in [0.25, 0.3) is 16.6 Å². The highest BCUT2D eigenvalue weighted by Gasteiger charge is 2.26. The molecule has 1 fully saturated rings. The number of alkyl halides is 2. The van der Waals surface area contributed by atoms with Crippen molar-refractivity contribution < 1.29 is 27.0 Å². The van der Waals surface area contributed by atoms with Gasteiger partial charge in [0.25, 0.3) is 0 Å². The Morgan fingerprint density at radius 2 is 1.94 bits per heavy atom. The highest BCUT2D eigenvalue weighted by molar-refractivity contribution is 7.89. The first-order valence-electron chi connectivity index (χ1n) is 11.3. The van der Waals surface area contributed by atoms with E-state index in [9.17, 15) is 22.3 Å². The molecule has 0 aliphatic heterocycles. The van der Waals surface area contributed by atoms with Crippen molar-refractivity contribution in [3.05, 3.63) is 36.4 Å². The number of hydrogen-bond acceptors (Lipinski definition) is 8. The number of nitrogens with zero attached hydrogens (tertiary/aromatic N) is 4. The van der Waals surface area contributed by atoms with Crippen molar-refractivity contribution in [1.29, 1.82) is 0 Å². The van der Waals surface area contributed by atoms with E-state index < -0.39 is 22.7 Å². The molecule has 0 bridgehead atoms. The summed E-state index contributed by atoms with van der Waals surface area (Å²) < 4.78 is 57.7. The lowest BCUT2D eigenvalue weighted by atomic mass is 9.85. The van der Waals surface area contributed by atoms with Gasteiger partial charge in [-0.3, -0.25) is 4.98 Å². The first kappa shape index (κ1) is 25.4. The zero-order valence-electron chi connectivity index (χ0n) is 19.4. The highest BCUT2D eigenvalue weighted by atomic mass is 32.2. The maximum atomic E-state index is 12.4. The minimum Gasteiger partial charge on any atom is -0.393 e. The number of aromatic nitrogens is 4. The normalized spacial score (nSPS) is 19.8. The molecule has 4 rings (SSSR count). The van der Waals surface area contributed by atoms with Gasteiger partial charge in [0.15, 0.2) is 0 Å². The highest BCUT2D eigenvalue weighted by Crippen LogP contribution is 2.37. The van der Waals surface area contributed by atoms with Crippen LogP contribution in [-0.4, -0.2) is 65.5 Å². The Bertz CT molecular complexity index is 1280. The van der Waals surface area contributed by atoms with E-state index in [1.165, 1.54) is 13.2 Å². The molecule has 3 N–H and O–H groups in total. The van der Waals surface area contributed by atoms with Crippen LogP contribution in [0.1, 0.15) is 44.2 Å². The van der Waals surface area contributed by atoms with Gasteiger partial charge in [0.05, 0.1) is 24.4 Å². The molecule has 3 heterocycles. The SMILES string of the molecule is CNS(=O)(=O)c1cncc(-c2cc(C3CCC(O)CC3)n3nc(N[C@@H](C)COC(F)F)ncc23)c1. The van der Waals surface area contributed by atoms with Crippen molar-refractivity contribution in [2.75, 3.05) is 19.0 Å². The number of aliphatic hydroxyl groups is 1. The maximum absolute atomic E-state index is 12.4. The van der Waals surface area contributed by atoms with E-state index in [0.717, 1.165) is 18.5 Å². The Hall–Kier alpha value is -2.74. The predicted molar refractivity (Wildman–Crippen MR) is 125 cm³/mol. The van der Waals surface area contributed by atoms with Crippen LogP contribution in [0, 0.1) is 0 Å². The number of nitrogens with one attached hydrogen (secondary N) is 2. The molecule has 0 saturated heterocycles. The van der Waals surface area contributed by atoms with Crippen LogP contribution in [0.2, 0.25) is 0 Å². The number of hydrogen-bond donors (Lipinski definition) is 3. The number of aliphatic hydroxyl groups excluding tert-OH is 1. The molecular formula is C22H28F2N6O4S. The summed E-state index contributed by atoms with van der Waals surface area (Å²) in [5.41, 5.74) is 2.84. The van der Waals surface area contributed by atoms with E-state index in [1.807, 2.05) is 6.07 Å². The topological polar surface area (TPSA) is 131 Å². The number of pyridine rings is 1. The van der Waals surface area contributed by atoms with Crippen molar-refractivity contribution >= 4 is 21.5 Å². The Balaban J connectivity index is 1.75. The van der Waals surface area contributed by atoms with Crippen molar-refractivity contribution in [3.63, 3.8) is 0 Å². The van der Waals surface area contributed by atoms with Gasteiger partial charge in [-0.2, -0.15) is 8.78 Å². The fourth-order valence-electron chi connectivity index (χ4n) is 4.28. The molecule has 3 aromatic heterocycles. The molecule has 1 saturated carbocycles. The number of fused-ring (bicyclic) bond motifs is 1. The van der Waals surface area contributed by atoms with Crippen molar-refractivity contribution in [2.45, 2.75) is 62.2 Å². The monoisotopic (exact) mass is 510 g/mol. The summed E-state index contributed by atoms with van der Waals surface area (Å²) in [5.74, 6) is 0.367. The summed E-state index contributed by atoms with van der Waals surface area (Å²) in [4.78, 5) is 8.49. The van der Waals surface area contributed by atoms with Gasteiger partial charge < -0.3 is 15.2 Å². The van der Waals surface area contributed by atoms with Crippen LogP contribution >= 0.6 is 0 Å². The lowest BCUT2D eigenvalue weighted by Gasteiger charge is -2.25. The van der Waals surface area contributed by atoms with Crippen LogP contribution in [-0.2, 0) is 14.8 Å². The Labute approximate surface area is 201 Å². The van der Waals surface area contributed by atoms with Crippen molar-refractivity contribution in [3.8, 4) is 11.1 Å². The van der Waals surface area contributed by atoms with Gasteiger partial charge in [0, 0.05) is 41.2 Å². The van der Waals surface area contributed by atoms with Gasteiger partial charge in [-0.1, -0.05) is 0 Å². The van der Waals surface area contributed by atoms with Crippen LogP contribution in [0.4, 0.5) is 14.7 Å². The number of anilines is 1. The molecule has 0 amide bonds. The molecule has 190 valence electrons. The third-order valence-corrected chi connectivity index (χ3v) is 7.49. The van der Waals surface area contributed by atoms with Crippen LogP contribution in [0.15, 0.2) is 35.6 Å². The van der Waals surface area contributed by atoms with E-state index in [2.05, 4.69) is 29.8 Å². The summed E-state index contributed by atoms with van der Waals surface area (Å²) in [7, 11) is -2.35. The molecule has 0 spiro atoms. The van der Waals surface area contributed by atoms with E-state index in [0.29, 0.717) is 29.5 Å². The quantitative estimate of drug-likeness (QED) is 0.401. The summed E-state index contributed by atoms with van der Waals surface area (Å²) in [6.45, 7) is -1.40. The van der Waals surface area contributed by atoms with Gasteiger partial charge >= 0.3 is 6.61 Å². The van der Waals surface area contributed by atoms with E-state index in [1.54, 1.807) is 29.9 Å². The average molecular weight is 511 g/mol. The molecule has 1 aliphatic rings. The van der Waals surface area contributed by atoms with Gasteiger partial charge in [-0.25, -0.2) is 22.6 Å². The Kier molecular flexibility index (Phi) is 7.59. The fourth-order valence-corrected chi connectivity index (χ4v) is 5.00. The molecule has 35 heavy (non-hydrogen) atoms. The third kappa shape index (κ3) is 5.74. The van der Waals surface area contributed by atoms with E-state index in [-0.39, 0.29) is 29.5 Å². The van der Waals surface area contributed by atoms with Crippen molar-refractivity contribution in [1.82, 2.24) is 24.3 Å². The largest absolute Gasteiger partial charge is 0.393 e. The molecular weight excluding hydrogens is 482 g/mol. The number of ether oxygens (including phenoxy) is 1. The second kappa shape index (κ2) is 10.5.